The van der Waals surface area contributed by atoms with Crippen molar-refractivity contribution in [1.29, 1.82) is 5.26 Å². The molecule has 0 unspecified atom stereocenters. The van der Waals surface area contributed by atoms with Crippen molar-refractivity contribution in [3.63, 3.8) is 0 Å². The van der Waals surface area contributed by atoms with Gasteiger partial charge in [-0.3, -0.25) is 4.72 Å². The van der Waals surface area contributed by atoms with Gasteiger partial charge in [-0.15, -0.1) is 0 Å². The normalized spacial score (nSPS) is 10.8. The predicted octanol–water partition coefficient (Wildman–Crippen LogP) is 2.64. The van der Waals surface area contributed by atoms with E-state index >= 15 is 0 Å². The van der Waals surface area contributed by atoms with Crippen molar-refractivity contribution in [3.05, 3.63) is 59.7 Å². The number of benzene rings is 2. The molecule has 20 heavy (non-hydrogen) atoms. The molecular weight excluding hydrogens is 286 g/mol. The van der Waals surface area contributed by atoms with Crippen LogP contribution in [0.15, 0.2) is 47.4 Å². The molecule has 2 aromatic rings. The molecule has 4 nitrogen and oxygen atoms in total. The van der Waals surface area contributed by atoms with Crippen LogP contribution in [0.1, 0.15) is 5.56 Å². The number of nitriles is 1. The number of halogens is 2. The minimum absolute atomic E-state index is 0.0522. The quantitative estimate of drug-likeness (QED) is 0.946. The smallest absolute Gasteiger partial charge is 0.264 e. The molecule has 1 N–H and O–H groups in total. The molecule has 0 aliphatic heterocycles. The number of anilines is 1. The third-order valence-corrected chi connectivity index (χ3v) is 3.87. The van der Waals surface area contributed by atoms with E-state index in [2.05, 4.69) is 0 Å². The maximum Gasteiger partial charge on any atom is 0.264 e. The molecule has 0 aliphatic carbocycles. The lowest BCUT2D eigenvalue weighted by atomic mass is 10.2. The molecular formula is C13H8F2N2O2S. The summed E-state index contributed by atoms with van der Waals surface area (Å²) in [6, 6.07) is 9.72. The third kappa shape index (κ3) is 2.75. The van der Waals surface area contributed by atoms with E-state index in [9.17, 15) is 17.2 Å². The topological polar surface area (TPSA) is 70.0 Å². The van der Waals surface area contributed by atoms with Gasteiger partial charge in [0.2, 0.25) is 0 Å². The van der Waals surface area contributed by atoms with Crippen molar-refractivity contribution in [2.75, 3.05) is 4.72 Å². The van der Waals surface area contributed by atoms with Gasteiger partial charge in [0.05, 0.1) is 17.3 Å². The Morgan fingerprint density at radius 3 is 2.35 bits per heavy atom. The Bertz CT molecular complexity index is 798. The molecule has 7 heteroatoms. The highest BCUT2D eigenvalue weighted by molar-refractivity contribution is 7.92. The average molecular weight is 294 g/mol. The van der Waals surface area contributed by atoms with Crippen LogP contribution < -0.4 is 4.72 Å². The summed E-state index contributed by atoms with van der Waals surface area (Å²) in [4.78, 5) is -0.580. The molecule has 0 heterocycles. The highest BCUT2D eigenvalue weighted by atomic mass is 32.2. The largest absolute Gasteiger partial charge is 0.277 e. The molecule has 0 radical (unpaired) electrons. The summed E-state index contributed by atoms with van der Waals surface area (Å²) in [5, 5.41) is 8.59. The van der Waals surface area contributed by atoms with Crippen LogP contribution >= 0.6 is 0 Å². The number of rotatable bonds is 3. The van der Waals surface area contributed by atoms with Crippen LogP contribution in [0.5, 0.6) is 0 Å². The van der Waals surface area contributed by atoms with Gasteiger partial charge < -0.3 is 0 Å². The van der Waals surface area contributed by atoms with E-state index in [1.165, 1.54) is 18.2 Å². The molecule has 0 saturated heterocycles. The summed E-state index contributed by atoms with van der Waals surface area (Å²) < 4.78 is 52.9. The Balaban J connectivity index is 2.40. The lowest BCUT2D eigenvalue weighted by Crippen LogP contribution is -2.15. The highest BCUT2D eigenvalue weighted by Crippen LogP contribution is 2.21. The second-order valence-corrected chi connectivity index (χ2v) is 5.49. The zero-order chi connectivity index (χ0) is 14.8. The van der Waals surface area contributed by atoms with Crippen LogP contribution in [0, 0.1) is 23.0 Å². The van der Waals surface area contributed by atoms with E-state index in [1.54, 1.807) is 6.07 Å². The number of hydrogen-bond donors (Lipinski definition) is 1. The molecule has 0 saturated carbocycles. The first kappa shape index (κ1) is 14.0. The summed E-state index contributed by atoms with van der Waals surface area (Å²) in [5.41, 5.74) is -0.302. The van der Waals surface area contributed by atoms with Crippen LogP contribution in [0.4, 0.5) is 14.5 Å². The molecule has 0 spiro atoms. The Morgan fingerprint density at radius 1 is 1.05 bits per heavy atom. The van der Waals surface area contributed by atoms with Crippen LogP contribution in [-0.2, 0) is 10.0 Å². The van der Waals surface area contributed by atoms with Gasteiger partial charge in [0.25, 0.3) is 10.0 Å². The lowest BCUT2D eigenvalue weighted by Gasteiger charge is -2.09. The fourth-order valence-electron chi connectivity index (χ4n) is 1.53. The summed E-state index contributed by atoms with van der Waals surface area (Å²) >= 11 is 0. The van der Waals surface area contributed by atoms with E-state index in [4.69, 9.17) is 5.26 Å². The first-order valence-electron chi connectivity index (χ1n) is 5.41. The van der Waals surface area contributed by atoms with Crippen molar-refractivity contribution in [2.24, 2.45) is 0 Å². The minimum atomic E-state index is -4.23. The highest BCUT2D eigenvalue weighted by Gasteiger charge is 2.20. The van der Waals surface area contributed by atoms with Crippen LogP contribution in [0.3, 0.4) is 0 Å². The fraction of sp³-hybridized carbons (Fsp3) is 0. The maximum absolute atomic E-state index is 13.6. The van der Waals surface area contributed by atoms with Crippen molar-refractivity contribution in [1.82, 2.24) is 0 Å². The molecule has 0 atom stereocenters. The van der Waals surface area contributed by atoms with Crippen molar-refractivity contribution in [3.8, 4) is 6.07 Å². The summed E-state index contributed by atoms with van der Waals surface area (Å²) in [5.74, 6) is -1.85. The van der Waals surface area contributed by atoms with Crippen molar-refractivity contribution < 1.29 is 17.2 Å². The number of hydrogen-bond acceptors (Lipinski definition) is 3. The number of nitrogens with zero attached hydrogens (tertiary/aromatic N) is 1. The van der Waals surface area contributed by atoms with Crippen molar-refractivity contribution >= 4 is 15.7 Å². The molecule has 0 bridgehead atoms. The van der Waals surface area contributed by atoms with Crippen molar-refractivity contribution in [2.45, 2.75) is 4.90 Å². The first-order valence-corrected chi connectivity index (χ1v) is 6.89. The number of sulfonamides is 1. The molecule has 2 aromatic carbocycles. The predicted molar refractivity (Wildman–Crippen MR) is 68.3 cm³/mol. The molecule has 0 aromatic heterocycles. The molecule has 0 amide bonds. The molecule has 0 aliphatic rings. The summed E-state index contributed by atoms with van der Waals surface area (Å²) in [7, 11) is -4.23. The Morgan fingerprint density at radius 2 is 1.75 bits per heavy atom. The van der Waals surface area contributed by atoms with Gasteiger partial charge in [0.15, 0.2) is 0 Å². The Labute approximate surface area is 114 Å². The minimum Gasteiger partial charge on any atom is -0.277 e. The van der Waals surface area contributed by atoms with Gasteiger partial charge in [-0.2, -0.15) is 5.26 Å². The monoisotopic (exact) mass is 294 g/mol. The van der Waals surface area contributed by atoms with Gasteiger partial charge >= 0.3 is 0 Å². The molecule has 102 valence electrons. The Kier molecular flexibility index (Phi) is 3.68. The van der Waals surface area contributed by atoms with E-state index in [0.29, 0.717) is 0 Å². The van der Waals surface area contributed by atoms with Gasteiger partial charge in [-0.25, -0.2) is 17.2 Å². The van der Waals surface area contributed by atoms with Crippen LogP contribution in [0.2, 0.25) is 0 Å². The fourth-order valence-corrected chi connectivity index (χ4v) is 2.68. The number of nitrogens with one attached hydrogen (secondary N) is 1. The average Bonchev–Trinajstić information content (AvgIpc) is 2.41. The molecule has 2 rings (SSSR count). The summed E-state index contributed by atoms with van der Waals surface area (Å²) in [6.07, 6.45) is 0. The second kappa shape index (κ2) is 5.27. The zero-order valence-electron chi connectivity index (χ0n) is 9.97. The van der Waals surface area contributed by atoms with Crippen LogP contribution in [-0.4, -0.2) is 8.42 Å². The van der Waals surface area contributed by atoms with Gasteiger partial charge in [0.1, 0.15) is 16.5 Å². The van der Waals surface area contributed by atoms with E-state index < -0.39 is 26.6 Å². The van der Waals surface area contributed by atoms with Crippen LogP contribution in [0.25, 0.3) is 0 Å². The van der Waals surface area contributed by atoms with Gasteiger partial charge in [-0.1, -0.05) is 12.1 Å². The van der Waals surface area contributed by atoms with Gasteiger partial charge in [0, 0.05) is 0 Å². The van der Waals surface area contributed by atoms with E-state index in [0.717, 1.165) is 24.3 Å². The Hall–Kier alpha value is -2.46. The molecule has 0 fully saturated rings. The maximum atomic E-state index is 13.6. The SMILES string of the molecule is N#Cc1ccc(NS(=O)(=O)c2ccccc2F)c(F)c1. The summed E-state index contributed by atoms with van der Waals surface area (Å²) in [6.45, 7) is 0. The second-order valence-electron chi connectivity index (χ2n) is 3.84. The van der Waals surface area contributed by atoms with Gasteiger partial charge in [-0.05, 0) is 30.3 Å². The third-order valence-electron chi connectivity index (χ3n) is 2.47. The first-order chi connectivity index (χ1) is 9.44. The van der Waals surface area contributed by atoms with E-state index in [-0.39, 0.29) is 11.3 Å². The van der Waals surface area contributed by atoms with E-state index in [1.807, 2.05) is 4.72 Å². The lowest BCUT2D eigenvalue weighted by molar-refractivity contribution is 0.569. The zero-order valence-corrected chi connectivity index (χ0v) is 10.8. The standard InChI is InChI=1S/C13H8F2N2O2S/c14-10-3-1-2-4-13(10)20(18,19)17-12-6-5-9(8-16)7-11(12)15/h1-7,17H.